The lowest BCUT2D eigenvalue weighted by molar-refractivity contribution is 0.223. The van der Waals surface area contributed by atoms with Gasteiger partial charge in [0.15, 0.2) is 0 Å². The molecule has 0 radical (unpaired) electrons. The van der Waals surface area contributed by atoms with Crippen LogP contribution in [0, 0.1) is 5.82 Å². The average Bonchev–Trinajstić information content (AvgIpc) is 3.26. The van der Waals surface area contributed by atoms with Crippen LogP contribution >= 0.6 is 0 Å². The van der Waals surface area contributed by atoms with Crippen LogP contribution in [0.25, 0.3) is 5.70 Å². The first kappa shape index (κ1) is 16.9. The molecule has 2 aliphatic heterocycles. The predicted molar refractivity (Wildman–Crippen MR) is 109 cm³/mol. The Morgan fingerprint density at radius 3 is 2.67 bits per heavy atom. The Labute approximate surface area is 171 Å². The lowest BCUT2D eigenvalue weighted by Crippen LogP contribution is -2.32. The maximum absolute atomic E-state index is 13.6. The van der Waals surface area contributed by atoms with Gasteiger partial charge >= 0.3 is 0 Å². The lowest BCUT2D eigenvalue weighted by Gasteiger charge is -2.38. The van der Waals surface area contributed by atoms with Crippen LogP contribution < -0.4 is 10.1 Å². The SMILES string of the molecule is Fc1ccc([C@@H]2Oc3ccccc3C3=C2[C@H](c2cccnc2)n2ncnc2N3)cc1. The minimum atomic E-state index is -0.425. The van der Waals surface area contributed by atoms with Gasteiger partial charge < -0.3 is 10.1 Å². The van der Waals surface area contributed by atoms with E-state index >= 15 is 0 Å². The Bertz CT molecular complexity index is 1270. The van der Waals surface area contributed by atoms with Gasteiger partial charge in [0.25, 0.3) is 0 Å². The van der Waals surface area contributed by atoms with Gasteiger partial charge in [-0.15, -0.1) is 0 Å². The summed E-state index contributed by atoms with van der Waals surface area (Å²) in [5.41, 5.74) is 4.69. The summed E-state index contributed by atoms with van der Waals surface area (Å²) in [5.74, 6) is 1.13. The zero-order valence-corrected chi connectivity index (χ0v) is 15.7. The fourth-order valence-electron chi connectivity index (χ4n) is 4.19. The molecule has 1 N–H and O–H groups in total. The Kier molecular flexibility index (Phi) is 3.67. The van der Waals surface area contributed by atoms with Crippen LogP contribution in [0.3, 0.4) is 0 Å². The second-order valence-electron chi connectivity index (χ2n) is 7.22. The van der Waals surface area contributed by atoms with Crippen molar-refractivity contribution in [3.8, 4) is 5.75 Å². The van der Waals surface area contributed by atoms with Crippen LogP contribution in [-0.4, -0.2) is 19.7 Å². The normalized spacial score (nSPS) is 19.2. The van der Waals surface area contributed by atoms with Crippen LogP contribution in [0.5, 0.6) is 5.75 Å². The van der Waals surface area contributed by atoms with Gasteiger partial charge in [-0.1, -0.05) is 30.3 Å². The minimum Gasteiger partial charge on any atom is -0.480 e. The fraction of sp³-hybridized carbons (Fsp3) is 0.0870. The smallest absolute Gasteiger partial charge is 0.226 e. The summed E-state index contributed by atoms with van der Waals surface area (Å²) >= 11 is 0. The van der Waals surface area contributed by atoms with E-state index in [-0.39, 0.29) is 11.9 Å². The summed E-state index contributed by atoms with van der Waals surface area (Å²) in [6, 6.07) is 18.0. The lowest BCUT2D eigenvalue weighted by atomic mass is 9.85. The molecule has 2 aliphatic rings. The molecule has 7 heteroatoms. The Morgan fingerprint density at radius 2 is 1.83 bits per heavy atom. The van der Waals surface area contributed by atoms with Crippen molar-refractivity contribution < 1.29 is 9.13 Å². The summed E-state index contributed by atoms with van der Waals surface area (Å²) in [5, 5.41) is 7.91. The summed E-state index contributed by atoms with van der Waals surface area (Å²) in [4.78, 5) is 8.72. The summed E-state index contributed by atoms with van der Waals surface area (Å²) in [6.07, 6.45) is 4.68. The van der Waals surface area contributed by atoms with E-state index in [1.54, 1.807) is 18.3 Å². The number of fused-ring (bicyclic) bond motifs is 3. The molecule has 0 saturated heterocycles. The number of hydrogen-bond acceptors (Lipinski definition) is 5. The van der Waals surface area contributed by atoms with Gasteiger partial charge in [-0.25, -0.2) is 9.07 Å². The Hall–Kier alpha value is -4.00. The van der Waals surface area contributed by atoms with Crippen molar-refractivity contribution in [2.45, 2.75) is 12.1 Å². The first-order chi connectivity index (χ1) is 14.8. The van der Waals surface area contributed by atoms with Crippen LogP contribution in [0.2, 0.25) is 0 Å². The molecule has 4 aromatic rings. The highest BCUT2D eigenvalue weighted by Gasteiger charge is 2.40. The van der Waals surface area contributed by atoms with E-state index in [0.29, 0.717) is 5.95 Å². The minimum absolute atomic E-state index is 0.268. The molecule has 30 heavy (non-hydrogen) atoms. The second-order valence-corrected chi connectivity index (χ2v) is 7.22. The second kappa shape index (κ2) is 6.52. The number of ether oxygens (including phenoxy) is 1. The van der Waals surface area contributed by atoms with E-state index in [9.17, 15) is 4.39 Å². The van der Waals surface area contributed by atoms with Crippen molar-refractivity contribution in [3.05, 3.63) is 107 Å². The number of aromatic nitrogens is 4. The van der Waals surface area contributed by atoms with Crippen molar-refractivity contribution >= 4 is 11.6 Å². The number of nitrogens with one attached hydrogen (secondary N) is 1. The number of pyridine rings is 1. The van der Waals surface area contributed by atoms with E-state index in [2.05, 4.69) is 20.4 Å². The standard InChI is InChI=1S/C23H16FN5O/c24-16-9-7-14(8-10-16)22-19-20(17-5-1-2-6-18(17)30-22)28-23-26-13-27-29(23)21(19)15-4-3-11-25-12-15/h1-13,21-22H,(H,26,27,28)/t21-,22-/m0/s1. The number of anilines is 1. The molecule has 0 spiro atoms. The Morgan fingerprint density at radius 1 is 0.967 bits per heavy atom. The van der Waals surface area contributed by atoms with Gasteiger partial charge in [-0.05, 0) is 41.5 Å². The van der Waals surface area contributed by atoms with E-state index in [1.165, 1.54) is 18.5 Å². The van der Waals surface area contributed by atoms with E-state index in [4.69, 9.17) is 4.74 Å². The maximum atomic E-state index is 13.6. The van der Waals surface area contributed by atoms with Crippen molar-refractivity contribution in [2.24, 2.45) is 0 Å². The van der Waals surface area contributed by atoms with E-state index in [0.717, 1.165) is 33.7 Å². The number of benzene rings is 2. The summed E-state index contributed by atoms with van der Waals surface area (Å²) in [6.45, 7) is 0. The number of halogens is 1. The van der Waals surface area contributed by atoms with Crippen LogP contribution in [0.15, 0.2) is 85.0 Å². The molecule has 6 rings (SSSR count). The summed E-state index contributed by atoms with van der Waals surface area (Å²) in [7, 11) is 0. The average molecular weight is 397 g/mol. The first-order valence-electron chi connectivity index (χ1n) is 9.61. The molecule has 0 aliphatic carbocycles. The highest BCUT2D eigenvalue weighted by molar-refractivity contribution is 5.85. The van der Waals surface area contributed by atoms with Crippen molar-refractivity contribution in [1.82, 2.24) is 19.7 Å². The van der Waals surface area contributed by atoms with Gasteiger partial charge in [-0.3, -0.25) is 4.98 Å². The van der Waals surface area contributed by atoms with Crippen LogP contribution in [-0.2, 0) is 0 Å². The maximum Gasteiger partial charge on any atom is 0.226 e. The molecular formula is C23H16FN5O. The zero-order chi connectivity index (χ0) is 20.1. The molecule has 0 amide bonds. The van der Waals surface area contributed by atoms with Crippen LogP contribution in [0.1, 0.15) is 28.8 Å². The van der Waals surface area contributed by atoms with E-state index in [1.807, 2.05) is 47.3 Å². The predicted octanol–water partition coefficient (Wildman–Crippen LogP) is 4.37. The Balaban J connectivity index is 1.63. The number of para-hydroxylation sites is 1. The number of rotatable bonds is 2. The first-order valence-corrected chi connectivity index (χ1v) is 9.61. The van der Waals surface area contributed by atoms with Gasteiger partial charge in [0.05, 0.1) is 5.70 Å². The number of nitrogens with zero attached hydrogens (tertiary/aromatic N) is 4. The van der Waals surface area contributed by atoms with Crippen LogP contribution in [0.4, 0.5) is 10.3 Å². The van der Waals surface area contributed by atoms with E-state index < -0.39 is 6.10 Å². The third-order valence-corrected chi connectivity index (χ3v) is 5.49. The molecule has 0 fully saturated rings. The molecule has 6 nitrogen and oxygen atoms in total. The molecule has 0 unspecified atom stereocenters. The molecule has 2 aromatic carbocycles. The van der Waals surface area contributed by atoms with Crippen molar-refractivity contribution in [1.29, 1.82) is 0 Å². The molecule has 2 atom stereocenters. The van der Waals surface area contributed by atoms with Gasteiger partial charge in [0.1, 0.15) is 30.0 Å². The highest BCUT2D eigenvalue weighted by Crippen LogP contribution is 2.50. The molecule has 0 saturated carbocycles. The topological polar surface area (TPSA) is 64.9 Å². The molecule has 146 valence electrons. The molecule has 4 heterocycles. The number of hydrogen-bond donors (Lipinski definition) is 1. The van der Waals surface area contributed by atoms with Crippen molar-refractivity contribution in [2.75, 3.05) is 5.32 Å². The molecule has 2 aromatic heterocycles. The quantitative estimate of drug-likeness (QED) is 0.544. The largest absolute Gasteiger partial charge is 0.480 e. The van der Waals surface area contributed by atoms with Gasteiger partial charge in [0, 0.05) is 23.5 Å². The fourth-order valence-corrected chi connectivity index (χ4v) is 4.19. The third-order valence-electron chi connectivity index (χ3n) is 5.49. The zero-order valence-electron chi connectivity index (χ0n) is 15.7. The third kappa shape index (κ3) is 2.52. The summed E-state index contributed by atoms with van der Waals surface area (Å²) < 4.78 is 21.9. The van der Waals surface area contributed by atoms with Gasteiger partial charge in [0.2, 0.25) is 5.95 Å². The van der Waals surface area contributed by atoms with Crippen molar-refractivity contribution in [3.63, 3.8) is 0 Å². The monoisotopic (exact) mass is 397 g/mol. The van der Waals surface area contributed by atoms with Gasteiger partial charge in [-0.2, -0.15) is 10.1 Å². The molecule has 0 bridgehead atoms. The molecular weight excluding hydrogens is 381 g/mol. The highest BCUT2D eigenvalue weighted by atomic mass is 19.1.